The van der Waals surface area contributed by atoms with E-state index >= 15 is 0 Å². The third-order valence-electron chi connectivity index (χ3n) is 4.52. The number of nitriles is 1. The maximum absolute atomic E-state index is 9.05. The Bertz CT molecular complexity index is 933. The Morgan fingerprint density at radius 1 is 1.28 bits per heavy atom. The molecule has 1 aliphatic heterocycles. The van der Waals surface area contributed by atoms with Crippen LogP contribution in [0.5, 0.6) is 0 Å². The molecule has 3 aromatic rings. The number of fused-ring (bicyclic) bond motifs is 1. The third-order valence-corrected chi connectivity index (χ3v) is 5.53. The molecule has 0 unspecified atom stereocenters. The van der Waals surface area contributed by atoms with Crippen molar-refractivity contribution in [2.75, 3.05) is 6.54 Å². The molecule has 0 atom stereocenters. The summed E-state index contributed by atoms with van der Waals surface area (Å²) in [6.45, 7) is 5.75. The van der Waals surface area contributed by atoms with Gasteiger partial charge in [-0.3, -0.25) is 9.58 Å². The predicted molar refractivity (Wildman–Crippen MR) is 98.0 cm³/mol. The zero-order chi connectivity index (χ0) is 17.2. The van der Waals surface area contributed by atoms with E-state index in [9.17, 15) is 0 Å². The molecule has 0 saturated carbocycles. The minimum atomic E-state index is 0.511. The lowest BCUT2D eigenvalue weighted by Crippen LogP contribution is -2.22. The molecule has 0 saturated heterocycles. The zero-order valence-electron chi connectivity index (χ0n) is 14.1. The Balaban J connectivity index is 1.51. The van der Waals surface area contributed by atoms with Gasteiger partial charge >= 0.3 is 0 Å². The molecule has 0 N–H and O–H groups in total. The quantitative estimate of drug-likeness (QED) is 0.725. The summed E-state index contributed by atoms with van der Waals surface area (Å²) >= 11 is 1.76. The smallest absolute Gasteiger partial charge is 0.162 e. The summed E-state index contributed by atoms with van der Waals surface area (Å²) in [5, 5.41) is 14.5. The van der Waals surface area contributed by atoms with Crippen LogP contribution in [0.25, 0.3) is 10.6 Å². The molecule has 3 heterocycles. The minimum Gasteiger partial charge on any atom is -0.292 e. The van der Waals surface area contributed by atoms with Crippen LogP contribution < -0.4 is 0 Å². The van der Waals surface area contributed by atoms with Crippen molar-refractivity contribution < 1.29 is 0 Å². The van der Waals surface area contributed by atoms with E-state index < -0.39 is 0 Å². The standard InChI is InChI=1S/C19H19N5S/c1-14-5-2-3-6-18(14)19-21-11-17(25-19)13-23-7-4-8-24-16(12-23)9-15(10-20)22-24/h2-3,5-6,9,11H,4,7-8,12-13H2,1H3. The van der Waals surface area contributed by atoms with Crippen molar-refractivity contribution in [1.82, 2.24) is 19.7 Å². The Morgan fingerprint density at radius 3 is 3.00 bits per heavy atom. The average Bonchev–Trinajstić information content (AvgIpc) is 3.18. The van der Waals surface area contributed by atoms with Crippen LogP contribution in [-0.4, -0.2) is 26.2 Å². The lowest BCUT2D eigenvalue weighted by atomic mass is 10.1. The molecule has 1 aliphatic rings. The second-order valence-corrected chi connectivity index (χ2v) is 7.48. The highest BCUT2D eigenvalue weighted by molar-refractivity contribution is 7.15. The molecule has 0 fully saturated rings. The number of aryl methyl sites for hydroxylation is 2. The van der Waals surface area contributed by atoms with Gasteiger partial charge in [0.1, 0.15) is 11.1 Å². The van der Waals surface area contributed by atoms with E-state index in [0.29, 0.717) is 5.69 Å². The van der Waals surface area contributed by atoms with Crippen molar-refractivity contribution >= 4 is 11.3 Å². The highest BCUT2D eigenvalue weighted by Crippen LogP contribution is 2.29. The van der Waals surface area contributed by atoms with Crippen molar-refractivity contribution in [3.8, 4) is 16.6 Å². The lowest BCUT2D eigenvalue weighted by molar-refractivity contribution is 0.263. The first-order valence-corrected chi connectivity index (χ1v) is 9.24. The summed E-state index contributed by atoms with van der Waals surface area (Å²) in [7, 11) is 0. The van der Waals surface area contributed by atoms with Gasteiger partial charge in [0.25, 0.3) is 0 Å². The molecule has 126 valence electrons. The van der Waals surface area contributed by atoms with Crippen LogP contribution in [0.15, 0.2) is 36.5 Å². The fourth-order valence-electron chi connectivity index (χ4n) is 3.26. The molecule has 0 bridgehead atoms. The van der Waals surface area contributed by atoms with Crippen LogP contribution in [-0.2, 0) is 19.6 Å². The largest absolute Gasteiger partial charge is 0.292 e. The fraction of sp³-hybridized carbons (Fsp3) is 0.316. The Labute approximate surface area is 151 Å². The summed E-state index contributed by atoms with van der Waals surface area (Å²) in [5.41, 5.74) is 4.10. The van der Waals surface area contributed by atoms with E-state index in [4.69, 9.17) is 5.26 Å². The van der Waals surface area contributed by atoms with E-state index in [1.807, 2.05) is 16.9 Å². The molecule has 0 aliphatic carbocycles. The molecule has 2 aromatic heterocycles. The number of hydrogen-bond acceptors (Lipinski definition) is 5. The second kappa shape index (κ2) is 6.79. The summed E-state index contributed by atoms with van der Waals surface area (Å²) < 4.78 is 1.98. The van der Waals surface area contributed by atoms with E-state index in [1.165, 1.54) is 16.0 Å². The molecule has 6 heteroatoms. The van der Waals surface area contributed by atoms with E-state index in [2.05, 4.69) is 52.2 Å². The number of rotatable bonds is 3. The molecular formula is C19H19N5S. The van der Waals surface area contributed by atoms with Gasteiger partial charge in [-0.25, -0.2) is 4.98 Å². The van der Waals surface area contributed by atoms with E-state index in [-0.39, 0.29) is 0 Å². The first-order chi connectivity index (χ1) is 12.2. The average molecular weight is 349 g/mol. The number of nitrogens with zero attached hydrogens (tertiary/aromatic N) is 5. The summed E-state index contributed by atoms with van der Waals surface area (Å²) in [6, 6.07) is 12.4. The molecule has 25 heavy (non-hydrogen) atoms. The van der Waals surface area contributed by atoms with Gasteiger partial charge < -0.3 is 0 Å². The summed E-state index contributed by atoms with van der Waals surface area (Å²) in [6.07, 6.45) is 3.04. The van der Waals surface area contributed by atoms with E-state index in [0.717, 1.165) is 43.3 Å². The van der Waals surface area contributed by atoms with Gasteiger partial charge in [-0.15, -0.1) is 11.3 Å². The van der Waals surface area contributed by atoms with Crippen LogP contribution in [0.1, 0.15) is 28.2 Å². The molecule has 5 nitrogen and oxygen atoms in total. The fourth-order valence-corrected chi connectivity index (χ4v) is 4.30. The molecule has 0 radical (unpaired) electrons. The summed E-state index contributed by atoms with van der Waals surface area (Å²) in [4.78, 5) is 8.31. The number of benzene rings is 1. The van der Waals surface area contributed by atoms with Crippen LogP contribution in [0.2, 0.25) is 0 Å². The molecule has 4 rings (SSSR count). The molecular weight excluding hydrogens is 330 g/mol. The van der Waals surface area contributed by atoms with Crippen LogP contribution in [0, 0.1) is 18.3 Å². The molecule has 0 amide bonds. The maximum atomic E-state index is 9.05. The normalized spacial score (nSPS) is 14.7. The van der Waals surface area contributed by atoms with Crippen LogP contribution in [0.3, 0.4) is 0 Å². The van der Waals surface area contributed by atoms with Crippen molar-refractivity contribution in [3.63, 3.8) is 0 Å². The highest BCUT2D eigenvalue weighted by Gasteiger charge is 2.18. The topological polar surface area (TPSA) is 57.7 Å². The van der Waals surface area contributed by atoms with Gasteiger partial charge in [0.2, 0.25) is 0 Å². The van der Waals surface area contributed by atoms with Crippen LogP contribution in [0.4, 0.5) is 0 Å². The van der Waals surface area contributed by atoms with Gasteiger partial charge in [-0.1, -0.05) is 24.3 Å². The van der Waals surface area contributed by atoms with Crippen molar-refractivity contribution in [1.29, 1.82) is 5.26 Å². The predicted octanol–water partition coefficient (Wildman–Crippen LogP) is 3.59. The minimum absolute atomic E-state index is 0.511. The molecule has 0 spiro atoms. The van der Waals surface area contributed by atoms with Gasteiger partial charge in [0.05, 0.1) is 5.69 Å². The number of hydrogen-bond donors (Lipinski definition) is 0. The Kier molecular flexibility index (Phi) is 4.35. The summed E-state index contributed by atoms with van der Waals surface area (Å²) in [5.74, 6) is 0. The first-order valence-electron chi connectivity index (χ1n) is 8.43. The maximum Gasteiger partial charge on any atom is 0.162 e. The zero-order valence-corrected chi connectivity index (χ0v) is 15.0. The third kappa shape index (κ3) is 3.34. The Morgan fingerprint density at radius 2 is 2.16 bits per heavy atom. The second-order valence-electron chi connectivity index (χ2n) is 6.37. The highest BCUT2D eigenvalue weighted by atomic mass is 32.1. The van der Waals surface area contributed by atoms with Crippen LogP contribution >= 0.6 is 11.3 Å². The first kappa shape index (κ1) is 16.0. The van der Waals surface area contributed by atoms with Gasteiger partial charge in [0.15, 0.2) is 5.69 Å². The monoisotopic (exact) mass is 349 g/mol. The van der Waals surface area contributed by atoms with Crippen molar-refractivity contribution in [2.45, 2.75) is 33.0 Å². The van der Waals surface area contributed by atoms with Crippen molar-refractivity contribution in [3.05, 3.63) is 58.4 Å². The number of thiazole rings is 1. The van der Waals surface area contributed by atoms with E-state index in [1.54, 1.807) is 11.3 Å². The van der Waals surface area contributed by atoms with Gasteiger partial charge in [-0.2, -0.15) is 10.4 Å². The van der Waals surface area contributed by atoms with Crippen molar-refractivity contribution in [2.24, 2.45) is 0 Å². The Hall–Kier alpha value is -2.49. The van der Waals surface area contributed by atoms with Gasteiger partial charge in [0, 0.05) is 42.8 Å². The molecule has 1 aromatic carbocycles. The SMILES string of the molecule is Cc1ccccc1-c1ncc(CN2CCCn3nc(C#N)cc3C2)s1. The number of aromatic nitrogens is 3. The van der Waals surface area contributed by atoms with Gasteiger partial charge in [-0.05, 0) is 25.0 Å². The lowest BCUT2D eigenvalue weighted by Gasteiger charge is -2.18.